The van der Waals surface area contributed by atoms with E-state index in [2.05, 4.69) is 22.1 Å². The molecule has 0 aromatic carbocycles. The van der Waals surface area contributed by atoms with Gasteiger partial charge in [0.05, 0.1) is 0 Å². The molecule has 1 atom stereocenters. The lowest BCUT2D eigenvalue weighted by molar-refractivity contribution is 0.558. The molecule has 1 unspecified atom stereocenters. The molecule has 1 aliphatic rings. The van der Waals surface area contributed by atoms with Crippen LogP contribution in [0, 0.1) is 0 Å². The van der Waals surface area contributed by atoms with Crippen molar-refractivity contribution < 1.29 is 0 Å². The van der Waals surface area contributed by atoms with Crippen LogP contribution in [0.2, 0.25) is 0 Å². The predicted molar refractivity (Wildman–Crippen MR) is 77.8 cm³/mol. The summed E-state index contributed by atoms with van der Waals surface area (Å²) in [7, 11) is 0. The molecule has 0 spiro atoms. The lowest BCUT2D eigenvalue weighted by Gasteiger charge is -2.29. The minimum absolute atomic E-state index is 0.0258. The van der Waals surface area contributed by atoms with Crippen LogP contribution in [0.15, 0.2) is 17.2 Å². The number of nitrogens with one attached hydrogen (secondary N) is 1. The Morgan fingerprint density at radius 3 is 2.95 bits per heavy atom. The van der Waals surface area contributed by atoms with Gasteiger partial charge >= 0.3 is 0 Å². The third kappa shape index (κ3) is 2.97. The summed E-state index contributed by atoms with van der Waals surface area (Å²) in [6.45, 7) is 9.03. The Kier molecular flexibility index (Phi) is 4.58. The number of rotatable bonds is 5. The predicted octanol–water partition coefficient (Wildman–Crippen LogP) is 1.40. The molecule has 5 heteroatoms. The van der Waals surface area contributed by atoms with Gasteiger partial charge in [0.1, 0.15) is 0 Å². The van der Waals surface area contributed by atoms with Gasteiger partial charge < -0.3 is 14.8 Å². The number of anilines is 1. The average molecular weight is 264 g/mol. The highest BCUT2D eigenvalue weighted by atomic mass is 16.1. The molecule has 1 fully saturated rings. The van der Waals surface area contributed by atoms with Crippen molar-refractivity contribution in [2.45, 2.75) is 45.7 Å². The molecule has 1 aromatic heterocycles. The fourth-order valence-corrected chi connectivity index (χ4v) is 2.63. The second kappa shape index (κ2) is 6.19. The quantitative estimate of drug-likeness (QED) is 0.873. The molecule has 0 aliphatic carbocycles. The Labute approximate surface area is 114 Å². The molecule has 19 heavy (non-hydrogen) atoms. The van der Waals surface area contributed by atoms with Crippen LogP contribution >= 0.6 is 0 Å². The van der Waals surface area contributed by atoms with E-state index in [-0.39, 0.29) is 11.6 Å². The van der Waals surface area contributed by atoms with E-state index in [1.165, 1.54) is 0 Å². The molecule has 106 valence electrons. The van der Waals surface area contributed by atoms with Crippen LogP contribution in [0.1, 0.15) is 39.7 Å². The second-order valence-corrected chi connectivity index (χ2v) is 5.40. The number of hydrogen-bond donors (Lipinski definition) is 1. The lowest BCUT2D eigenvalue weighted by Crippen LogP contribution is -2.42. The molecular formula is C14H24N4O. The number of hydrogen-bond acceptors (Lipinski definition) is 4. The van der Waals surface area contributed by atoms with E-state index in [1.807, 2.05) is 13.8 Å². The molecule has 0 radical (unpaired) electrons. The highest BCUT2D eigenvalue weighted by Gasteiger charge is 2.25. The summed E-state index contributed by atoms with van der Waals surface area (Å²) in [6, 6.07) is 0.558. The summed E-state index contributed by atoms with van der Waals surface area (Å²) in [4.78, 5) is 19.1. The van der Waals surface area contributed by atoms with E-state index in [1.54, 1.807) is 17.0 Å². The third-order valence-electron chi connectivity index (χ3n) is 3.62. The first-order valence-corrected chi connectivity index (χ1v) is 7.19. The van der Waals surface area contributed by atoms with E-state index in [0.717, 1.165) is 32.5 Å². The summed E-state index contributed by atoms with van der Waals surface area (Å²) in [5.74, 6) is 0.603. The van der Waals surface area contributed by atoms with E-state index in [4.69, 9.17) is 0 Å². The first-order chi connectivity index (χ1) is 9.15. The van der Waals surface area contributed by atoms with Crippen LogP contribution in [0.3, 0.4) is 0 Å². The summed E-state index contributed by atoms with van der Waals surface area (Å²) >= 11 is 0. The summed E-state index contributed by atoms with van der Waals surface area (Å²) in [6.07, 6.45) is 5.61. The van der Waals surface area contributed by atoms with Gasteiger partial charge in [-0.05, 0) is 33.2 Å². The molecule has 2 rings (SSSR count). The monoisotopic (exact) mass is 264 g/mol. The Balaban J connectivity index is 2.36. The van der Waals surface area contributed by atoms with Crippen LogP contribution < -0.4 is 15.8 Å². The molecule has 1 saturated heterocycles. The summed E-state index contributed by atoms with van der Waals surface area (Å²) in [5.41, 5.74) is 0.0258. The molecule has 1 aromatic rings. The topological polar surface area (TPSA) is 50.2 Å². The van der Waals surface area contributed by atoms with Gasteiger partial charge in [0.2, 0.25) is 0 Å². The molecule has 0 bridgehead atoms. The minimum Gasteiger partial charge on any atom is -0.348 e. The van der Waals surface area contributed by atoms with Crippen molar-refractivity contribution in [2.24, 2.45) is 0 Å². The normalized spacial score (nSPS) is 19.1. The van der Waals surface area contributed by atoms with Gasteiger partial charge in [-0.25, -0.2) is 4.98 Å². The number of aromatic nitrogens is 2. The molecule has 1 aliphatic heterocycles. The highest BCUT2D eigenvalue weighted by molar-refractivity contribution is 5.38. The van der Waals surface area contributed by atoms with E-state index >= 15 is 0 Å². The van der Waals surface area contributed by atoms with Crippen LogP contribution in [-0.2, 0) is 0 Å². The average Bonchev–Trinajstić information content (AvgIpc) is 2.90. The minimum atomic E-state index is 0.0258. The van der Waals surface area contributed by atoms with E-state index in [9.17, 15) is 4.79 Å². The Morgan fingerprint density at radius 1 is 1.58 bits per heavy atom. The zero-order valence-corrected chi connectivity index (χ0v) is 12.1. The second-order valence-electron chi connectivity index (χ2n) is 5.40. The van der Waals surface area contributed by atoms with E-state index in [0.29, 0.717) is 11.9 Å². The lowest BCUT2D eigenvalue weighted by atomic mass is 10.2. The van der Waals surface area contributed by atoms with Crippen LogP contribution in [-0.4, -0.2) is 35.2 Å². The van der Waals surface area contributed by atoms with Crippen molar-refractivity contribution >= 4 is 5.82 Å². The maximum Gasteiger partial charge on any atom is 0.293 e. The van der Waals surface area contributed by atoms with Gasteiger partial charge in [-0.15, -0.1) is 0 Å². The molecular weight excluding hydrogens is 240 g/mol. The first kappa shape index (κ1) is 14.1. The van der Waals surface area contributed by atoms with Crippen LogP contribution in [0.25, 0.3) is 0 Å². The number of nitrogens with zero attached hydrogens (tertiary/aromatic N) is 3. The van der Waals surface area contributed by atoms with Crippen molar-refractivity contribution in [2.75, 3.05) is 24.5 Å². The first-order valence-electron chi connectivity index (χ1n) is 7.19. The zero-order valence-electron chi connectivity index (χ0n) is 12.1. The Hall–Kier alpha value is -1.36. The van der Waals surface area contributed by atoms with Crippen molar-refractivity contribution in [3.63, 3.8) is 0 Å². The maximum absolute atomic E-state index is 12.5. The van der Waals surface area contributed by atoms with Gasteiger partial charge in [0.15, 0.2) is 5.82 Å². The molecule has 0 saturated carbocycles. The van der Waals surface area contributed by atoms with Gasteiger partial charge in [0.25, 0.3) is 5.56 Å². The molecule has 2 heterocycles. The fourth-order valence-electron chi connectivity index (χ4n) is 2.63. The third-order valence-corrected chi connectivity index (χ3v) is 3.62. The van der Waals surface area contributed by atoms with Crippen molar-refractivity contribution in [3.05, 3.63) is 22.7 Å². The smallest absolute Gasteiger partial charge is 0.293 e. The summed E-state index contributed by atoms with van der Waals surface area (Å²) < 4.78 is 1.76. The van der Waals surface area contributed by atoms with Gasteiger partial charge in [-0.2, -0.15) is 0 Å². The van der Waals surface area contributed by atoms with Gasteiger partial charge in [-0.1, -0.05) is 6.92 Å². The Bertz CT molecular complexity index is 463. The molecule has 1 N–H and O–H groups in total. The largest absolute Gasteiger partial charge is 0.348 e. The van der Waals surface area contributed by atoms with Crippen LogP contribution in [0.4, 0.5) is 5.82 Å². The zero-order chi connectivity index (χ0) is 13.8. The van der Waals surface area contributed by atoms with Crippen molar-refractivity contribution in [3.8, 4) is 0 Å². The SMILES string of the molecule is CCCN(c1nccn(C(C)C)c1=O)C1CCNC1. The van der Waals surface area contributed by atoms with Gasteiger partial charge in [-0.3, -0.25) is 4.79 Å². The molecule has 0 amide bonds. The van der Waals surface area contributed by atoms with E-state index < -0.39 is 0 Å². The highest BCUT2D eigenvalue weighted by Crippen LogP contribution is 2.15. The maximum atomic E-state index is 12.5. The Morgan fingerprint density at radius 2 is 2.37 bits per heavy atom. The van der Waals surface area contributed by atoms with Crippen LogP contribution in [0.5, 0.6) is 0 Å². The standard InChI is InChI=1S/C14H24N4O/c1-4-8-18(12-5-6-15-10-12)13-14(19)17(11(2)3)9-7-16-13/h7,9,11-12,15H,4-6,8,10H2,1-3H3. The van der Waals surface area contributed by atoms with Crippen molar-refractivity contribution in [1.29, 1.82) is 0 Å². The molecule has 5 nitrogen and oxygen atoms in total. The van der Waals surface area contributed by atoms with Gasteiger partial charge in [0, 0.05) is 37.6 Å². The summed E-state index contributed by atoms with van der Waals surface area (Å²) in [5, 5.41) is 3.36. The fraction of sp³-hybridized carbons (Fsp3) is 0.714. The van der Waals surface area contributed by atoms with Crippen molar-refractivity contribution in [1.82, 2.24) is 14.9 Å².